The summed E-state index contributed by atoms with van der Waals surface area (Å²) < 4.78 is -0.117. The quantitative estimate of drug-likeness (QED) is 0.617. The molecule has 5 heteroatoms. The first kappa shape index (κ1) is 9.40. The Balaban J connectivity index is 2.24. The average Bonchev–Trinajstić information content (AvgIpc) is 2.30. The van der Waals surface area contributed by atoms with Crippen molar-refractivity contribution in [3.63, 3.8) is 0 Å². The zero-order chi connectivity index (χ0) is 9.64. The average molecular weight is 217 g/mol. The molecular weight excluding hydrogens is 206 g/mol. The summed E-state index contributed by atoms with van der Waals surface area (Å²) >= 11 is 2.64. The smallest absolute Gasteiger partial charge is 0.282 e. The van der Waals surface area contributed by atoms with E-state index in [0.29, 0.717) is 12.3 Å². The lowest BCUT2D eigenvalue weighted by molar-refractivity contribution is -0.114. The molecule has 2 saturated heterocycles. The number of rotatable bonds is 0. The van der Waals surface area contributed by atoms with Gasteiger partial charge in [-0.25, -0.2) is 0 Å². The number of fused-ring (bicyclic) bond motifs is 1. The number of hydrogen-bond donors (Lipinski definition) is 0. The van der Waals surface area contributed by atoms with Crippen LogP contribution in [0.2, 0.25) is 0 Å². The Kier molecular flexibility index (Phi) is 2.11. The number of amides is 1. The van der Waals surface area contributed by atoms with Crippen molar-refractivity contribution in [2.45, 2.75) is 24.6 Å². The third kappa shape index (κ3) is 1.59. The van der Waals surface area contributed by atoms with Crippen LogP contribution < -0.4 is 0 Å². The van der Waals surface area contributed by atoms with Crippen LogP contribution in [0.5, 0.6) is 0 Å². The standard InChI is InChI=1S/C8H11NO2S2/c1-8(2)4-9-5(6(10)13-8)3-12-7(9)11/h5H,3-4H2,1-2H3/t5-/m0/s1. The lowest BCUT2D eigenvalue weighted by Crippen LogP contribution is -2.50. The van der Waals surface area contributed by atoms with E-state index in [9.17, 15) is 9.59 Å². The van der Waals surface area contributed by atoms with E-state index < -0.39 is 0 Å². The molecule has 13 heavy (non-hydrogen) atoms. The third-order valence-electron chi connectivity index (χ3n) is 2.18. The normalized spacial score (nSPS) is 32.2. The molecular formula is C8H11NO2S2. The van der Waals surface area contributed by atoms with Gasteiger partial charge in [-0.3, -0.25) is 9.59 Å². The molecule has 2 rings (SSSR count). The van der Waals surface area contributed by atoms with Crippen LogP contribution in [0.1, 0.15) is 13.8 Å². The highest BCUT2D eigenvalue weighted by Gasteiger charge is 2.45. The second-order valence-corrected chi connectivity index (χ2v) is 6.58. The number of thioether (sulfide) groups is 2. The van der Waals surface area contributed by atoms with Gasteiger partial charge >= 0.3 is 0 Å². The Hall–Kier alpha value is -0.160. The summed E-state index contributed by atoms with van der Waals surface area (Å²) in [5.41, 5.74) is 0. The van der Waals surface area contributed by atoms with E-state index in [1.165, 1.54) is 23.5 Å². The minimum atomic E-state index is -0.157. The van der Waals surface area contributed by atoms with Crippen LogP contribution in [0, 0.1) is 0 Å². The third-order valence-corrected chi connectivity index (χ3v) is 4.29. The molecule has 0 radical (unpaired) electrons. The predicted octanol–water partition coefficient (Wildman–Crippen LogP) is 1.58. The first-order valence-electron chi connectivity index (χ1n) is 4.16. The Labute approximate surface area is 85.6 Å². The molecule has 3 nitrogen and oxygen atoms in total. The largest absolute Gasteiger partial charge is 0.320 e. The van der Waals surface area contributed by atoms with Crippen LogP contribution in [0.3, 0.4) is 0 Å². The fourth-order valence-corrected chi connectivity index (χ4v) is 3.79. The van der Waals surface area contributed by atoms with Crippen LogP contribution in [0.15, 0.2) is 0 Å². The Morgan fingerprint density at radius 2 is 2.15 bits per heavy atom. The fourth-order valence-electron chi connectivity index (χ4n) is 1.60. The number of hydrogen-bond acceptors (Lipinski definition) is 4. The lowest BCUT2D eigenvalue weighted by Gasteiger charge is -2.37. The molecule has 0 aromatic carbocycles. The van der Waals surface area contributed by atoms with Crippen LogP contribution in [-0.4, -0.2) is 38.3 Å². The molecule has 2 fully saturated rings. The molecule has 0 bridgehead atoms. The molecule has 0 aromatic rings. The van der Waals surface area contributed by atoms with Gasteiger partial charge in [-0.1, -0.05) is 23.5 Å². The topological polar surface area (TPSA) is 37.4 Å². The van der Waals surface area contributed by atoms with Crippen molar-refractivity contribution in [3.8, 4) is 0 Å². The molecule has 0 N–H and O–H groups in total. The molecule has 0 spiro atoms. The van der Waals surface area contributed by atoms with Crippen molar-refractivity contribution in [2.24, 2.45) is 0 Å². The molecule has 0 aromatic heterocycles. The molecule has 2 aliphatic rings. The minimum absolute atomic E-state index is 0.0618. The van der Waals surface area contributed by atoms with Crippen molar-refractivity contribution in [1.82, 2.24) is 4.90 Å². The molecule has 1 atom stereocenters. The number of carbonyl (C=O) groups is 2. The van der Waals surface area contributed by atoms with Crippen LogP contribution >= 0.6 is 23.5 Å². The van der Waals surface area contributed by atoms with E-state index in [1.807, 2.05) is 13.8 Å². The second-order valence-electron chi connectivity index (χ2n) is 3.90. The number of carbonyl (C=O) groups excluding carboxylic acids is 2. The van der Waals surface area contributed by atoms with Gasteiger partial charge in [0.25, 0.3) is 5.24 Å². The Morgan fingerprint density at radius 3 is 2.85 bits per heavy atom. The van der Waals surface area contributed by atoms with E-state index in [1.54, 1.807) is 4.90 Å². The van der Waals surface area contributed by atoms with Gasteiger partial charge in [-0.05, 0) is 13.8 Å². The maximum absolute atomic E-state index is 11.6. The minimum Gasteiger partial charge on any atom is -0.320 e. The van der Waals surface area contributed by atoms with Crippen LogP contribution in [-0.2, 0) is 4.79 Å². The molecule has 72 valence electrons. The van der Waals surface area contributed by atoms with E-state index in [4.69, 9.17) is 0 Å². The zero-order valence-corrected chi connectivity index (χ0v) is 9.20. The number of nitrogens with zero attached hydrogens (tertiary/aromatic N) is 1. The Morgan fingerprint density at radius 1 is 1.46 bits per heavy atom. The van der Waals surface area contributed by atoms with Crippen LogP contribution in [0.4, 0.5) is 4.79 Å². The van der Waals surface area contributed by atoms with Gasteiger partial charge in [0.05, 0.1) is 0 Å². The summed E-state index contributed by atoms with van der Waals surface area (Å²) in [6.45, 7) is 4.70. The summed E-state index contributed by atoms with van der Waals surface area (Å²) in [4.78, 5) is 24.7. The summed E-state index contributed by atoms with van der Waals surface area (Å²) in [6.07, 6.45) is 0. The van der Waals surface area contributed by atoms with E-state index in [2.05, 4.69) is 0 Å². The second kappa shape index (κ2) is 2.92. The highest BCUT2D eigenvalue weighted by atomic mass is 32.2. The first-order valence-corrected chi connectivity index (χ1v) is 5.96. The molecule has 0 aliphatic carbocycles. The maximum atomic E-state index is 11.6. The molecule has 2 aliphatic heterocycles. The van der Waals surface area contributed by atoms with Crippen molar-refractivity contribution in [3.05, 3.63) is 0 Å². The Bertz CT molecular complexity index is 277. The van der Waals surface area contributed by atoms with Gasteiger partial charge in [0.15, 0.2) is 0 Å². The van der Waals surface area contributed by atoms with Gasteiger partial charge in [-0.15, -0.1) is 0 Å². The van der Waals surface area contributed by atoms with Gasteiger partial charge in [0.2, 0.25) is 5.12 Å². The SMILES string of the molecule is CC1(C)CN2C(=O)SC[C@H]2C(=O)S1. The fraction of sp³-hybridized carbons (Fsp3) is 0.750. The van der Waals surface area contributed by atoms with Gasteiger partial charge in [0, 0.05) is 17.0 Å². The zero-order valence-electron chi connectivity index (χ0n) is 7.57. The highest BCUT2D eigenvalue weighted by molar-refractivity contribution is 8.16. The van der Waals surface area contributed by atoms with E-state index in [-0.39, 0.29) is 21.1 Å². The van der Waals surface area contributed by atoms with Crippen molar-refractivity contribution in [1.29, 1.82) is 0 Å². The first-order chi connectivity index (χ1) is 5.99. The summed E-state index contributed by atoms with van der Waals surface area (Å²) in [7, 11) is 0. The van der Waals surface area contributed by atoms with E-state index in [0.717, 1.165) is 0 Å². The summed E-state index contributed by atoms with van der Waals surface area (Å²) in [5.74, 6) is 0.640. The molecule has 0 saturated carbocycles. The van der Waals surface area contributed by atoms with Crippen molar-refractivity contribution < 1.29 is 9.59 Å². The van der Waals surface area contributed by atoms with Gasteiger partial charge < -0.3 is 4.90 Å². The molecule has 1 amide bonds. The summed E-state index contributed by atoms with van der Waals surface area (Å²) in [6, 6.07) is -0.157. The van der Waals surface area contributed by atoms with E-state index >= 15 is 0 Å². The molecule has 2 heterocycles. The maximum Gasteiger partial charge on any atom is 0.282 e. The highest BCUT2D eigenvalue weighted by Crippen LogP contribution is 2.39. The summed E-state index contributed by atoms with van der Waals surface area (Å²) in [5, 5.41) is 0.210. The molecule has 0 unspecified atom stereocenters. The monoisotopic (exact) mass is 217 g/mol. The van der Waals surface area contributed by atoms with Crippen molar-refractivity contribution in [2.75, 3.05) is 12.3 Å². The van der Waals surface area contributed by atoms with Gasteiger partial charge in [-0.2, -0.15) is 0 Å². The predicted molar refractivity (Wildman–Crippen MR) is 55.0 cm³/mol. The van der Waals surface area contributed by atoms with Crippen molar-refractivity contribution >= 4 is 33.9 Å². The van der Waals surface area contributed by atoms with Crippen LogP contribution in [0.25, 0.3) is 0 Å². The lowest BCUT2D eigenvalue weighted by atomic mass is 10.1. The van der Waals surface area contributed by atoms with Gasteiger partial charge in [0.1, 0.15) is 6.04 Å².